The van der Waals surface area contributed by atoms with Crippen molar-refractivity contribution in [1.82, 2.24) is 10.3 Å². The van der Waals surface area contributed by atoms with Crippen molar-refractivity contribution in [2.24, 2.45) is 4.99 Å². The van der Waals surface area contributed by atoms with Crippen LogP contribution < -0.4 is 36.1 Å². The van der Waals surface area contributed by atoms with Gasteiger partial charge in [0.05, 0.1) is 66.4 Å². The Bertz CT molecular complexity index is 2420. The molecular weight excluding hydrogens is 775 g/mol. The van der Waals surface area contributed by atoms with Gasteiger partial charge >= 0.3 is 5.97 Å². The predicted molar refractivity (Wildman–Crippen MR) is 213 cm³/mol. The van der Waals surface area contributed by atoms with Gasteiger partial charge in [0.2, 0.25) is 5.91 Å². The van der Waals surface area contributed by atoms with E-state index in [0.717, 1.165) is 13.2 Å². The molecule has 1 aromatic heterocycles. The second kappa shape index (κ2) is 17.4. The van der Waals surface area contributed by atoms with E-state index in [1.54, 1.807) is 35.5 Å². The van der Waals surface area contributed by atoms with Crippen LogP contribution in [0.15, 0.2) is 95.7 Å². The molecule has 2 atom stereocenters. The molecule has 58 heavy (non-hydrogen) atoms. The highest BCUT2D eigenvalue weighted by molar-refractivity contribution is 8.13. The predicted octanol–water partition coefficient (Wildman–Crippen LogP) is 4.03. The number of fused-ring (bicyclic) bond motifs is 1. The number of nitrogens with one attached hydrogen (secondary N) is 5. The molecule has 0 radical (unpaired) electrons. The Morgan fingerprint density at radius 2 is 1.36 bits per heavy atom. The van der Waals surface area contributed by atoms with Crippen LogP contribution in [0.5, 0.6) is 23.0 Å². The van der Waals surface area contributed by atoms with Crippen molar-refractivity contribution < 1.29 is 53.6 Å². The Labute approximate surface area is 333 Å². The summed E-state index contributed by atoms with van der Waals surface area (Å²) in [6.45, 7) is -0.381. The number of carboxylic acid groups (broad SMARTS) is 1. The van der Waals surface area contributed by atoms with Gasteiger partial charge in [0.15, 0.2) is 23.0 Å². The van der Waals surface area contributed by atoms with Crippen molar-refractivity contribution in [3.8, 4) is 23.0 Å². The molecule has 19 heteroatoms. The summed E-state index contributed by atoms with van der Waals surface area (Å²) in [5, 5.41) is 43.3. The monoisotopic (exact) mass is 807 g/mol. The molecular formula is C39H33N7O11S. The van der Waals surface area contributed by atoms with Crippen LogP contribution in [0.2, 0.25) is 0 Å². The fourth-order valence-electron chi connectivity index (χ4n) is 5.69. The maximum Gasteiger partial charge on any atom is 0.339 e. The van der Waals surface area contributed by atoms with Crippen LogP contribution in [0.3, 0.4) is 0 Å². The minimum absolute atomic E-state index is 0.0246. The van der Waals surface area contributed by atoms with E-state index < -0.39 is 46.7 Å². The summed E-state index contributed by atoms with van der Waals surface area (Å²) in [5.74, 6) is -6.37. The van der Waals surface area contributed by atoms with E-state index in [2.05, 4.69) is 36.6 Å². The summed E-state index contributed by atoms with van der Waals surface area (Å²) in [6.07, 6.45) is 6.71. The molecule has 0 bridgehead atoms. The number of hydrogen-bond acceptors (Lipinski definition) is 13. The Kier molecular flexibility index (Phi) is 12.0. The molecule has 3 aromatic carbocycles. The summed E-state index contributed by atoms with van der Waals surface area (Å²) in [6, 6.07) is 13.7. The maximum atomic E-state index is 13.1. The van der Waals surface area contributed by atoms with Crippen LogP contribution in [-0.4, -0.2) is 93.4 Å². The number of aromatic carboxylic acids is 1. The maximum absolute atomic E-state index is 13.1. The molecule has 2 unspecified atom stereocenters. The zero-order valence-corrected chi connectivity index (χ0v) is 31.2. The highest BCUT2D eigenvalue weighted by Crippen LogP contribution is 2.40. The molecule has 0 saturated heterocycles. The minimum atomic E-state index is -1.42. The molecule has 0 spiro atoms. The average Bonchev–Trinajstić information content (AvgIpc) is 3.69. The van der Waals surface area contributed by atoms with Crippen LogP contribution in [0.1, 0.15) is 41.6 Å². The number of nitrogens with zero attached hydrogens (tertiary/aromatic N) is 2. The Morgan fingerprint density at radius 1 is 0.724 bits per heavy atom. The van der Waals surface area contributed by atoms with E-state index in [0.29, 0.717) is 11.3 Å². The van der Waals surface area contributed by atoms with Gasteiger partial charge in [-0.1, -0.05) is 18.2 Å². The number of carbonyl (C=O) groups excluding carboxylic acids is 5. The Balaban J connectivity index is 0.993. The molecule has 4 aromatic rings. The number of rotatable bonds is 13. The number of carboxylic acids is 1. The zero-order chi connectivity index (χ0) is 41.5. The molecule has 2 heterocycles. The van der Waals surface area contributed by atoms with Gasteiger partial charge in [-0.3, -0.25) is 29.0 Å². The van der Waals surface area contributed by atoms with Crippen LogP contribution in [0, 0.1) is 0 Å². The second-order valence-electron chi connectivity index (χ2n) is 12.3. The van der Waals surface area contributed by atoms with Crippen LogP contribution in [0.25, 0.3) is 0 Å². The molecule has 1 aliphatic carbocycles. The second-order valence-corrected chi connectivity index (χ2v) is 13.3. The molecule has 8 N–H and O–H groups in total. The van der Waals surface area contributed by atoms with Crippen LogP contribution >= 0.6 is 11.8 Å². The number of anilines is 4. The largest absolute Gasteiger partial charge is 0.504 e. The van der Waals surface area contributed by atoms with E-state index in [1.165, 1.54) is 55.8 Å². The first-order chi connectivity index (χ1) is 27.9. The first-order valence-corrected chi connectivity index (χ1v) is 18.0. The number of hydrogen-bond donors (Lipinski definition) is 8. The number of benzene rings is 3. The number of aromatic hydroxyl groups is 2. The van der Waals surface area contributed by atoms with E-state index in [1.807, 2.05) is 12.2 Å². The quantitative estimate of drug-likeness (QED) is 0.0950. The molecule has 0 saturated carbocycles. The SMILES string of the molecule is COc1c(NC(=O)c2ccc(NC(=O)c3ccc(NC(=O)CNC(=O)c4ccc(NC(=O)C5=CC6SC=NC6C=C5)cc4)cn3)c(OC)c2O)ccc(C(=O)O)c1O. The van der Waals surface area contributed by atoms with Gasteiger partial charge in [0, 0.05) is 16.8 Å². The lowest BCUT2D eigenvalue weighted by Gasteiger charge is -2.16. The van der Waals surface area contributed by atoms with E-state index in [9.17, 15) is 44.1 Å². The summed E-state index contributed by atoms with van der Waals surface area (Å²) in [7, 11) is 2.36. The molecule has 18 nitrogen and oxygen atoms in total. The first-order valence-electron chi connectivity index (χ1n) is 17.0. The summed E-state index contributed by atoms with van der Waals surface area (Å²) in [4.78, 5) is 83.7. The van der Waals surface area contributed by atoms with Crippen molar-refractivity contribution in [2.45, 2.75) is 11.3 Å². The van der Waals surface area contributed by atoms with Gasteiger partial charge in [0.25, 0.3) is 23.6 Å². The normalized spacial score (nSPS) is 15.0. The summed E-state index contributed by atoms with van der Waals surface area (Å²) in [5.41, 5.74) is 2.31. The van der Waals surface area contributed by atoms with Crippen molar-refractivity contribution in [2.75, 3.05) is 42.0 Å². The van der Waals surface area contributed by atoms with Gasteiger partial charge in [-0.2, -0.15) is 0 Å². The number of aliphatic imine (C=N–C) groups is 1. The highest BCUT2D eigenvalue weighted by Gasteiger charge is 2.27. The highest BCUT2D eigenvalue weighted by atomic mass is 32.2. The van der Waals surface area contributed by atoms with E-state index in [-0.39, 0.29) is 69.1 Å². The third-order valence-corrected chi connectivity index (χ3v) is 9.58. The molecule has 296 valence electrons. The van der Waals surface area contributed by atoms with Gasteiger partial charge in [-0.05, 0) is 60.7 Å². The lowest BCUT2D eigenvalue weighted by atomic mass is 10.0. The minimum Gasteiger partial charge on any atom is -0.504 e. The topological polar surface area (TPSA) is 267 Å². The van der Waals surface area contributed by atoms with Crippen molar-refractivity contribution >= 4 is 75.6 Å². The third kappa shape index (κ3) is 8.89. The third-order valence-electron chi connectivity index (χ3n) is 8.60. The Morgan fingerprint density at radius 3 is 2.00 bits per heavy atom. The van der Waals surface area contributed by atoms with Crippen LogP contribution in [-0.2, 0) is 9.59 Å². The van der Waals surface area contributed by atoms with Gasteiger partial charge < -0.3 is 51.4 Å². The smallest absolute Gasteiger partial charge is 0.339 e. The molecule has 0 fully saturated rings. The number of aromatic nitrogens is 1. The lowest BCUT2D eigenvalue weighted by Crippen LogP contribution is -2.32. The first kappa shape index (κ1) is 40.0. The number of thioether (sulfide) groups is 1. The number of carbonyl (C=O) groups is 6. The van der Waals surface area contributed by atoms with Gasteiger partial charge in [-0.25, -0.2) is 9.78 Å². The van der Waals surface area contributed by atoms with Crippen molar-refractivity contribution in [1.29, 1.82) is 0 Å². The summed E-state index contributed by atoms with van der Waals surface area (Å²) >= 11 is 1.55. The van der Waals surface area contributed by atoms with Gasteiger partial charge in [-0.15, -0.1) is 11.8 Å². The average molecular weight is 808 g/mol. The molecule has 6 rings (SSSR count). The number of phenols is 2. The number of ether oxygens (including phenoxy) is 2. The molecule has 1 aliphatic heterocycles. The van der Waals surface area contributed by atoms with E-state index >= 15 is 0 Å². The number of amides is 5. The zero-order valence-electron chi connectivity index (χ0n) is 30.4. The standard InChI is InChI=1S/C39H33N7O11S/c1-56-33-27(13-9-23(31(33)48)37(52)45-26-14-10-24(39(54)55)32(49)34(26)57-2)46-38(53)28-12-8-22(16-40-28)43-30(47)17-41-35(50)19-3-6-21(7-4-19)44-36(51)20-5-11-25-29(15-20)58-18-42-25/h3-16,18,25,29,48-49H,17H2,1-2H3,(H,41,50)(H,43,47)(H,44,51)(H,45,52)(H,46,53)(H,54,55). The van der Waals surface area contributed by atoms with E-state index in [4.69, 9.17) is 9.47 Å². The summed E-state index contributed by atoms with van der Waals surface area (Å²) < 4.78 is 10.3. The lowest BCUT2D eigenvalue weighted by molar-refractivity contribution is -0.115. The molecule has 2 aliphatic rings. The molecule has 5 amide bonds. The fraction of sp³-hybridized carbons (Fsp3) is 0.128. The van der Waals surface area contributed by atoms with Crippen molar-refractivity contribution in [3.63, 3.8) is 0 Å². The number of methoxy groups -OCH3 is 2. The number of phenolic OH excluding ortho intramolecular Hbond substituents is 1. The van der Waals surface area contributed by atoms with Crippen LogP contribution in [0.4, 0.5) is 22.7 Å². The van der Waals surface area contributed by atoms with Crippen molar-refractivity contribution in [3.05, 3.63) is 113 Å². The Hall–Kier alpha value is -7.67. The number of pyridine rings is 1. The van der Waals surface area contributed by atoms with Gasteiger partial charge in [0.1, 0.15) is 11.3 Å². The fourth-order valence-corrected chi connectivity index (χ4v) is 6.59.